The molecule has 2 aromatic rings. The lowest BCUT2D eigenvalue weighted by Crippen LogP contribution is -2.22. The highest BCUT2D eigenvalue weighted by molar-refractivity contribution is 5.35. The Kier molecular flexibility index (Phi) is 4.96. The van der Waals surface area contributed by atoms with E-state index in [4.69, 9.17) is 9.26 Å². The minimum atomic E-state index is 0.190. The Balaban J connectivity index is 2.09. The van der Waals surface area contributed by atoms with Crippen LogP contribution in [0.15, 0.2) is 28.8 Å². The van der Waals surface area contributed by atoms with Crippen molar-refractivity contribution in [2.75, 3.05) is 14.2 Å². The van der Waals surface area contributed by atoms with Gasteiger partial charge < -0.3 is 9.26 Å². The quantitative estimate of drug-likeness (QED) is 0.816. The van der Waals surface area contributed by atoms with Gasteiger partial charge in [0.2, 0.25) is 5.89 Å². The lowest BCUT2D eigenvalue weighted by atomic mass is 10.1. The Morgan fingerprint density at radius 1 is 1.24 bits per heavy atom. The lowest BCUT2D eigenvalue weighted by molar-refractivity contribution is 0.212. The Hall–Kier alpha value is -1.88. The molecule has 0 spiro atoms. The zero-order valence-corrected chi connectivity index (χ0v) is 13.3. The molecule has 0 saturated carbocycles. The number of rotatable bonds is 6. The van der Waals surface area contributed by atoms with Gasteiger partial charge in [0.05, 0.1) is 13.7 Å². The van der Waals surface area contributed by atoms with Crippen molar-refractivity contribution in [3.8, 4) is 5.75 Å². The first kappa shape index (κ1) is 15.5. The van der Waals surface area contributed by atoms with E-state index in [1.165, 1.54) is 0 Å². The van der Waals surface area contributed by atoms with Crippen LogP contribution in [0.5, 0.6) is 5.75 Å². The number of para-hydroxylation sites is 1. The van der Waals surface area contributed by atoms with Gasteiger partial charge in [-0.1, -0.05) is 37.2 Å². The third-order valence-electron chi connectivity index (χ3n) is 3.64. The fourth-order valence-corrected chi connectivity index (χ4v) is 2.17. The van der Waals surface area contributed by atoms with Crippen LogP contribution in [0.2, 0.25) is 0 Å². The van der Waals surface area contributed by atoms with E-state index in [1.54, 1.807) is 7.11 Å². The van der Waals surface area contributed by atoms with Crippen molar-refractivity contribution in [3.63, 3.8) is 0 Å². The van der Waals surface area contributed by atoms with Crippen molar-refractivity contribution < 1.29 is 9.26 Å². The summed E-state index contributed by atoms with van der Waals surface area (Å²) in [5.74, 6) is 2.57. The van der Waals surface area contributed by atoms with Crippen molar-refractivity contribution in [3.05, 3.63) is 41.5 Å². The van der Waals surface area contributed by atoms with Crippen LogP contribution in [0.4, 0.5) is 0 Å². The molecule has 0 saturated heterocycles. The minimum Gasteiger partial charge on any atom is -0.496 e. The average Bonchev–Trinajstić information content (AvgIpc) is 2.95. The molecular weight excluding hydrogens is 266 g/mol. The summed E-state index contributed by atoms with van der Waals surface area (Å²) in [6.07, 6.45) is 0. The van der Waals surface area contributed by atoms with Crippen LogP contribution in [0.3, 0.4) is 0 Å². The van der Waals surface area contributed by atoms with Crippen LogP contribution < -0.4 is 4.74 Å². The molecule has 2 rings (SSSR count). The molecule has 1 heterocycles. The van der Waals surface area contributed by atoms with Gasteiger partial charge in [-0.2, -0.15) is 4.98 Å². The molecule has 1 aromatic carbocycles. The molecule has 21 heavy (non-hydrogen) atoms. The first-order chi connectivity index (χ1) is 10.0. The number of benzene rings is 1. The fraction of sp³-hybridized carbons (Fsp3) is 0.500. The van der Waals surface area contributed by atoms with Gasteiger partial charge in [-0.05, 0) is 20.0 Å². The largest absolute Gasteiger partial charge is 0.496 e. The van der Waals surface area contributed by atoms with Crippen LogP contribution in [-0.2, 0) is 6.54 Å². The maximum absolute atomic E-state index is 5.42. The van der Waals surface area contributed by atoms with Gasteiger partial charge in [-0.15, -0.1) is 0 Å². The maximum Gasteiger partial charge on any atom is 0.240 e. The Labute approximate surface area is 125 Å². The first-order valence-corrected chi connectivity index (χ1v) is 7.18. The summed E-state index contributed by atoms with van der Waals surface area (Å²) in [6.45, 7) is 6.85. The normalized spacial score (nSPS) is 12.9. The van der Waals surface area contributed by atoms with Gasteiger partial charge >= 0.3 is 0 Å². The summed E-state index contributed by atoms with van der Waals surface area (Å²) in [7, 11) is 3.73. The summed E-state index contributed by atoms with van der Waals surface area (Å²) in [5.41, 5.74) is 1.14. The van der Waals surface area contributed by atoms with Crippen LogP contribution in [0, 0.1) is 0 Å². The summed E-state index contributed by atoms with van der Waals surface area (Å²) in [5, 5.41) is 4.00. The molecule has 1 atom stereocenters. The predicted octanol–water partition coefficient (Wildman–Crippen LogP) is 3.39. The molecule has 0 radical (unpaired) electrons. The lowest BCUT2D eigenvalue weighted by Gasteiger charge is -2.24. The number of hydrogen-bond donors (Lipinski definition) is 0. The van der Waals surface area contributed by atoms with Gasteiger partial charge in [0.25, 0.3) is 0 Å². The maximum atomic E-state index is 5.42. The third kappa shape index (κ3) is 3.61. The molecule has 5 heteroatoms. The Bertz CT molecular complexity index is 580. The second-order valence-electron chi connectivity index (χ2n) is 5.53. The van der Waals surface area contributed by atoms with Gasteiger partial charge in [0, 0.05) is 17.5 Å². The van der Waals surface area contributed by atoms with Crippen molar-refractivity contribution in [1.82, 2.24) is 15.0 Å². The summed E-state index contributed by atoms with van der Waals surface area (Å²) >= 11 is 0. The molecule has 0 aliphatic rings. The molecule has 0 aliphatic carbocycles. The van der Waals surface area contributed by atoms with Crippen LogP contribution in [0.1, 0.15) is 50.0 Å². The highest BCUT2D eigenvalue weighted by atomic mass is 16.5. The van der Waals surface area contributed by atoms with Gasteiger partial charge in [-0.25, -0.2) is 0 Å². The van der Waals surface area contributed by atoms with E-state index in [1.807, 2.05) is 25.2 Å². The summed E-state index contributed by atoms with van der Waals surface area (Å²) < 4.78 is 10.7. The van der Waals surface area contributed by atoms with Crippen molar-refractivity contribution in [1.29, 1.82) is 0 Å². The van der Waals surface area contributed by atoms with E-state index in [0.717, 1.165) is 17.1 Å². The molecule has 0 N–H and O–H groups in total. The molecule has 0 bridgehead atoms. The molecule has 114 valence electrons. The summed E-state index contributed by atoms with van der Waals surface area (Å²) in [6, 6.07) is 8.24. The number of nitrogens with zero attached hydrogens (tertiary/aromatic N) is 3. The van der Waals surface area contributed by atoms with Crippen molar-refractivity contribution in [2.24, 2.45) is 0 Å². The molecule has 0 amide bonds. The van der Waals surface area contributed by atoms with E-state index >= 15 is 0 Å². The third-order valence-corrected chi connectivity index (χ3v) is 3.64. The number of hydrogen-bond acceptors (Lipinski definition) is 5. The molecular formula is C16H23N3O2. The van der Waals surface area contributed by atoms with Crippen molar-refractivity contribution in [2.45, 2.75) is 39.3 Å². The highest BCUT2D eigenvalue weighted by Gasteiger charge is 2.18. The van der Waals surface area contributed by atoms with E-state index in [9.17, 15) is 0 Å². The van der Waals surface area contributed by atoms with E-state index < -0.39 is 0 Å². The number of aromatic nitrogens is 2. The second-order valence-corrected chi connectivity index (χ2v) is 5.53. The van der Waals surface area contributed by atoms with E-state index in [-0.39, 0.29) is 12.0 Å². The zero-order chi connectivity index (χ0) is 15.4. The van der Waals surface area contributed by atoms with E-state index in [2.05, 4.69) is 41.9 Å². The van der Waals surface area contributed by atoms with Gasteiger partial charge in [0.15, 0.2) is 5.82 Å². The van der Waals surface area contributed by atoms with Gasteiger partial charge in [-0.3, -0.25) is 4.90 Å². The number of methoxy groups -OCH3 is 1. The van der Waals surface area contributed by atoms with Gasteiger partial charge in [0.1, 0.15) is 5.75 Å². The van der Waals surface area contributed by atoms with Crippen molar-refractivity contribution >= 4 is 0 Å². The standard InChI is InChI=1S/C16H23N3O2/c1-11(2)16-17-15(21-18-16)10-19(4)12(3)13-8-6-7-9-14(13)20-5/h6-9,11-12H,10H2,1-5H3/t12-/m1/s1. The molecule has 0 aliphatic heterocycles. The highest BCUT2D eigenvalue weighted by Crippen LogP contribution is 2.28. The molecule has 0 unspecified atom stereocenters. The Morgan fingerprint density at radius 3 is 2.57 bits per heavy atom. The van der Waals surface area contributed by atoms with Crippen LogP contribution in [0.25, 0.3) is 0 Å². The molecule has 5 nitrogen and oxygen atoms in total. The Morgan fingerprint density at radius 2 is 1.95 bits per heavy atom. The average molecular weight is 289 g/mol. The zero-order valence-electron chi connectivity index (χ0n) is 13.3. The minimum absolute atomic E-state index is 0.190. The molecule has 1 aromatic heterocycles. The van der Waals surface area contributed by atoms with E-state index in [0.29, 0.717) is 12.4 Å². The summed E-state index contributed by atoms with van der Waals surface area (Å²) in [4.78, 5) is 6.58. The molecule has 0 fully saturated rings. The predicted molar refractivity (Wildman–Crippen MR) is 81.3 cm³/mol. The van der Waals surface area contributed by atoms with Crippen LogP contribution in [-0.4, -0.2) is 29.2 Å². The monoisotopic (exact) mass is 289 g/mol. The smallest absolute Gasteiger partial charge is 0.240 e. The first-order valence-electron chi connectivity index (χ1n) is 7.18. The fourth-order valence-electron chi connectivity index (χ4n) is 2.17. The topological polar surface area (TPSA) is 51.4 Å². The number of ether oxygens (including phenoxy) is 1. The van der Waals surface area contributed by atoms with Crippen LogP contribution >= 0.6 is 0 Å². The SMILES string of the molecule is COc1ccccc1[C@@H](C)N(C)Cc1nc(C(C)C)no1. The second kappa shape index (κ2) is 6.72.